The molecule has 1 saturated heterocycles. The summed E-state index contributed by atoms with van der Waals surface area (Å²) in [4.78, 5) is 17.9. The molecule has 1 atom stereocenters. The van der Waals surface area contributed by atoms with Crippen LogP contribution in [0.25, 0.3) is 0 Å². The van der Waals surface area contributed by atoms with Crippen molar-refractivity contribution in [3.8, 4) is 11.5 Å². The Morgan fingerprint density at radius 2 is 1.58 bits per heavy atom. The quantitative estimate of drug-likeness (QED) is 0.477. The van der Waals surface area contributed by atoms with Crippen LogP contribution in [0, 0.1) is 6.92 Å². The largest absolute Gasteiger partial charge is 0.457 e. The van der Waals surface area contributed by atoms with E-state index in [0.29, 0.717) is 35.8 Å². The third-order valence-corrected chi connectivity index (χ3v) is 5.52. The number of anilines is 3. The van der Waals surface area contributed by atoms with E-state index in [1.54, 1.807) is 6.92 Å². The van der Waals surface area contributed by atoms with Crippen LogP contribution in [0.4, 0.5) is 17.6 Å². The topological polar surface area (TPSA) is 107 Å². The number of aromatic nitrogens is 3. The maximum absolute atomic E-state index is 9.62. The lowest BCUT2D eigenvalue weighted by Crippen LogP contribution is -2.47. The van der Waals surface area contributed by atoms with Crippen LogP contribution in [0.3, 0.4) is 0 Å². The summed E-state index contributed by atoms with van der Waals surface area (Å²) >= 11 is 0. The Bertz CT molecular complexity index is 1040. The number of aliphatic hydroxyl groups is 2. The molecular formula is C24H30N6O3. The third-order valence-electron chi connectivity index (χ3n) is 5.52. The van der Waals surface area contributed by atoms with Crippen LogP contribution < -0.4 is 15.0 Å². The van der Waals surface area contributed by atoms with E-state index in [4.69, 9.17) is 9.84 Å². The number of ether oxygens (including phenoxy) is 1. The van der Waals surface area contributed by atoms with Gasteiger partial charge in [0, 0.05) is 38.4 Å². The molecule has 2 aromatic carbocycles. The first-order valence-corrected chi connectivity index (χ1v) is 11.1. The second kappa shape index (κ2) is 10.6. The molecule has 3 aromatic rings. The number of hydrogen-bond acceptors (Lipinski definition) is 9. The van der Waals surface area contributed by atoms with Gasteiger partial charge in [0.05, 0.1) is 12.7 Å². The number of β-amino-alcohol motifs (C(OH)–C–C–N with tert-alkyl or cyclic N) is 1. The van der Waals surface area contributed by atoms with Gasteiger partial charge in [0.15, 0.2) is 0 Å². The summed E-state index contributed by atoms with van der Waals surface area (Å²) in [5.74, 6) is 3.23. The van der Waals surface area contributed by atoms with Gasteiger partial charge in [0.1, 0.15) is 17.3 Å². The predicted molar refractivity (Wildman–Crippen MR) is 127 cm³/mol. The van der Waals surface area contributed by atoms with E-state index < -0.39 is 6.10 Å². The molecule has 1 aliphatic rings. The molecule has 0 radical (unpaired) electrons. The van der Waals surface area contributed by atoms with Gasteiger partial charge in [0.25, 0.3) is 0 Å². The van der Waals surface area contributed by atoms with Crippen molar-refractivity contribution in [2.24, 2.45) is 0 Å². The molecule has 3 N–H and O–H groups in total. The minimum atomic E-state index is -0.500. The molecule has 1 unspecified atom stereocenters. The van der Waals surface area contributed by atoms with Gasteiger partial charge in [-0.1, -0.05) is 12.1 Å². The highest BCUT2D eigenvalue weighted by molar-refractivity contribution is 5.56. The number of rotatable bonds is 8. The molecule has 0 spiro atoms. The van der Waals surface area contributed by atoms with Gasteiger partial charge in [0.2, 0.25) is 11.9 Å². The Kier molecular flexibility index (Phi) is 7.33. The fourth-order valence-corrected chi connectivity index (χ4v) is 3.66. The third kappa shape index (κ3) is 6.16. The zero-order valence-electron chi connectivity index (χ0n) is 19.0. The van der Waals surface area contributed by atoms with Crippen molar-refractivity contribution in [3.05, 3.63) is 59.9 Å². The molecule has 2 heterocycles. The summed E-state index contributed by atoms with van der Waals surface area (Å²) in [6.07, 6.45) is -0.500. The average molecular weight is 451 g/mol. The standard InChI is InChI=1S/C24H30N6O3/c1-17(32)19-3-7-21(8-4-19)33-22-9-5-20(6-10-22)27-23-25-18(2)26-24(28-23)30-13-11-29(12-14-30)15-16-31/h3-10,17,31-32H,11-16H2,1-2H3,(H,25,26,27,28). The number of aliphatic hydroxyl groups excluding tert-OH is 2. The molecule has 4 rings (SSSR count). The predicted octanol–water partition coefficient (Wildman–Crippen LogP) is 2.88. The summed E-state index contributed by atoms with van der Waals surface area (Å²) in [6, 6.07) is 14.9. The fourth-order valence-electron chi connectivity index (χ4n) is 3.66. The molecule has 1 aromatic heterocycles. The zero-order chi connectivity index (χ0) is 23.2. The van der Waals surface area contributed by atoms with Crippen LogP contribution in [-0.2, 0) is 0 Å². The van der Waals surface area contributed by atoms with Gasteiger partial charge in [-0.05, 0) is 55.8 Å². The van der Waals surface area contributed by atoms with Crippen molar-refractivity contribution >= 4 is 17.6 Å². The van der Waals surface area contributed by atoms with Crippen molar-refractivity contribution in [1.29, 1.82) is 0 Å². The lowest BCUT2D eigenvalue weighted by molar-refractivity contribution is 0.188. The van der Waals surface area contributed by atoms with E-state index in [1.807, 2.05) is 55.5 Å². The maximum atomic E-state index is 9.62. The molecule has 9 nitrogen and oxygen atoms in total. The number of nitrogens with zero attached hydrogens (tertiary/aromatic N) is 5. The highest BCUT2D eigenvalue weighted by Crippen LogP contribution is 2.25. The summed E-state index contributed by atoms with van der Waals surface area (Å²) in [6.45, 7) is 7.84. The Balaban J connectivity index is 1.38. The number of hydrogen-bond donors (Lipinski definition) is 3. The van der Waals surface area contributed by atoms with E-state index in [0.717, 1.165) is 37.4 Å². The Morgan fingerprint density at radius 3 is 2.18 bits per heavy atom. The molecule has 1 fully saturated rings. The zero-order valence-corrected chi connectivity index (χ0v) is 19.0. The van der Waals surface area contributed by atoms with E-state index >= 15 is 0 Å². The number of nitrogens with one attached hydrogen (secondary N) is 1. The lowest BCUT2D eigenvalue weighted by atomic mass is 10.1. The van der Waals surface area contributed by atoms with Crippen LogP contribution in [0.1, 0.15) is 24.4 Å². The highest BCUT2D eigenvalue weighted by atomic mass is 16.5. The van der Waals surface area contributed by atoms with Crippen LogP contribution in [-0.4, -0.2) is 69.4 Å². The molecule has 0 saturated carbocycles. The van der Waals surface area contributed by atoms with Gasteiger partial charge in [-0.25, -0.2) is 0 Å². The van der Waals surface area contributed by atoms with E-state index in [2.05, 4.69) is 30.1 Å². The first kappa shape index (κ1) is 22.9. The van der Waals surface area contributed by atoms with Gasteiger partial charge < -0.3 is 25.2 Å². The van der Waals surface area contributed by atoms with Crippen molar-refractivity contribution in [2.75, 3.05) is 49.5 Å². The molecule has 0 amide bonds. The van der Waals surface area contributed by atoms with Crippen LogP contribution in [0.15, 0.2) is 48.5 Å². The maximum Gasteiger partial charge on any atom is 0.232 e. The van der Waals surface area contributed by atoms with Crippen molar-refractivity contribution in [2.45, 2.75) is 20.0 Å². The van der Waals surface area contributed by atoms with Gasteiger partial charge in [-0.3, -0.25) is 4.90 Å². The Labute approximate surface area is 193 Å². The number of piperazine rings is 1. The summed E-state index contributed by atoms with van der Waals surface area (Å²) in [5.41, 5.74) is 1.69. The first-order chi connectivity index (χ1) is 16.0. The normalized spacial score (nSPS) is 15.3. The Hall–Kier alpha value is -3.27. The van der Waals surface area contributed by atoms with Crippen LogP contribution >= 0.6 is 0 Å². The van der Waals surface area contributed by atoms with Gasteiger partial charge in [-0.2, -0.15) is 15.0 Å². The number of benzene rings is 2. The molecule has 1 aliphatic heterocycles. The monoisotopic (exact) mass is 450 g/mol. The minimum Gasteiger partial charge on any atom is -0.457 e. The van der Waals surface area contributed by atoms with Crippen molar-refractivity contribution in [3.63, 3.8) is 0 Å². The van der Waals surface area contributed by atoms with Crippen molar-refractivity contribution < 1.29 is 14.9 Å². The Morgan fingerprint density at radius 1 is 0.939 bits per heavy atom. The molecule has 174 valence electrons. The summed E-state index contributed by atoms with van der Waals surface area (Å²) in [5, 5.41) is 22.0. The number of aryl methyl sites for hydroxylation is 1. The van der Waals surface area contributed by atoms with E-state index in [1.165, 1.54) is 0 Å². The second-order valence-electron chi connectivity index (χ2n) is 8.05. The van der Waals surface area contributed by atoms with Crippen molar-refractivity contribution in [1.82, 2.24) is 19.9 Å². The van der Waals surface area contributed by atoms with Crippen LogP contribution in [0.2, 0.25) is 0 Å². The van der Waals surface area contributed by atoms with Gasteiger partial charge >= 0.3 is 0 Å². The lowest BCUT2D eigenvalue weighted by Gasteiger charge is -2.34. The SMILES string of the molecule is Cc1nc(Nc2ccc(Oc3ccc(C(C)O)cc3)cc2)nc(N2CCN(CCO)CC2)n1. The smallest absolute Gasteiger partial charge is 0.232 e. The molecule has 33 heavy (non-hydrogen) atoms. The minimum absolute atomic E-state index is 0.179. The average Bonchev–Trinajstić information content (AvgIpc) is 2.81. The summed E-state index contributed by atoms with van der Waals surface area (Å²) in [7, 11) is 0. The first-order valence-electron chi connectivity index (χ1n) is 11.1. The molecule has 0 aliphatic carbocycles. The molecule has 0 bridgehead atoms. The fraction of sp³-hybridized carbons (Fsp3) is 0.375. The van der Waals surface area contributed by atoms with E-state index in [-0.39, 0.29) is 6.61 Å². The van der Waals surface area contributed by atoms with E-state index in [9.17, 15) is 5.11 Å². The summed E-state index contributed by atoms with van der Waals surface area (Å²) < 4.78 is 5.88. The van der Waals surface area contributed by atoms with Crippen LogP contribution in [0.5, 0.6) is 11.5 Å². The van der Waals surface area contributed by atoms with Gasteiger partial charge in [-0.15, -0.1) is 0 Å². The molecular weight excluding hydrogens is 420 g/mol. The molecule has 9 heteroatoms. The second-order valence-corrected chi connectivity index (χ2v) is 8.05. The highest BCUT2D eigenvalue weighted by Gasteiger charge is 2.19.